The molecule has 0 bridgehead atoms. The fraction of sp³-hybridized carbons (Fsp3) is 0.625. The standard InChI is InChI=1S/C16H24N2O/c1-3-19-15-6-4-14(5-7-15)18-12-16(8-9-16)11-17-10-13(18)2/h4-7,13,17H,3,8-12H2,1-2H3. The highest BCUT2D eigenvalue weighted by atomic mass is 16.5. The average molecular weight is 260 g/mol. The van der Waals surface area contributed by atoms with Gasteiger partial charge >= 0.3 is 0 Å². The van der Waals surface area contributed by atoms with Crippen LogP contribution in [0.2, 0.25) is 0 Å². The van der Waals surface area contributed by atoms with E-state index in [-0.39, 0.29) is 0 Å². The number of nitrogens with one attached hydrogen (secondary N) is 1. The van der Waals surface area contributed by atoms with Gasteiger partial charge < -0.3 is 15.0 Å². The summed E-state index contributed by atoms with van der Waals surface area (Å²) < 4.78 is 5.52. The van der Waals surface area contributed by atoms with E-state index in [2.05, 4.69) is 41.4 Å². The zero-order valence-corrected chi connectivity index (χ0v) is 12.0. The quantitative estimate of drug-likeness (QED) is 0.904. The van der Waals surface area contributed by atoms with Crippen LogP contribution in [-0.2, 0) is 0 Å². The van der Waals surface area contributed by atoms with Gasteiger partial charge in [0.05, 0.1) is 6.61 Å². The van der Waals surface area contributed by atoms with Crippen LogP contribution in [0.5, 0.6) is 5.75 Å². The molecule has 3 heteroatoms. The molecule has 1 atom stereocenters. The van der Waals surface area contributed by atoms with E-state index in [0.29, 0.717) is 11.5 Å². The highest BCUT2D eigenvalue weighted by Crippen LogP contribution is 2.47. The molecule has 1 spiro atoms. The van der Waals surface area contributed by atoms with E-state index in [1.54, 1.807) is 0 Å². The molecule has 1 saturated heterocycles. The Morgan fingerprint density at radius 1 is 1.32 bits per heavy atom. The van der Waals surface area contributed by atoms with Crippen molar-refractivity contribution >= 4 is 5.69 Å². The fourth-order valence-electron chi connectivity index (χ4n) is 2.99. The second kappa shape index (κ2) is 5.04. The predicted octanol–water partition coefficient (Wildman–Crippen LogP) is 2.66. The van der Waals surface area contributed by atoms with Gasteiger partial charge in [-0.05, 0) is 51.0 Å². The molecule has 1 heterocycles. The van der Waals surface area contributed by atoms with Gasteiger partial charge in [-0.15, -0.1) is 0 Å². The van der Waals surface area contributed by atoms with Crippen LogP contribution in [0.4, 0.5) is 5.69 Å². The van der Waals surface area contributed by atoms with E-state index in [1.807, 2.05) is 6.92 Å². The fourth-order valence-corrected chi connectivity index (χ4v) is 2.99. The summed E-state index contributed by atoms with van der Waals surface area (Å²) in [6, 6.07) is 9.12. The van der Waals surface area contributed by atoms with E-state index in [0.717, 1.165) is 18.9 Å². The van der Waals surface area contributed by atoms with Gasteiger partial charge in [0, 0.05) is 36.8 Å². The number of ether oxygens (including phenoxy) is 1. The number of hydrogen-bond donors (Lipinski definition) is 1. The van der Waals surface area contributed by atoms with Crippen LogP contribution in [0.1, 0.15) is 26.7 Å². The molecule has 104 valence electrons. The first-order valence-corrected chi connectivity index (χ1v) is 7.43. The van der Waals surface area contributed by atoms with E-state index in [9.17, 15) is 0 Å². The molecule has 1 N–H and O–H groups in total. The summed E-state index contributed by atoms with van der Waals surface area (Å²) in [6.45, 7) is 8.51. The molecule has 2 fully saturated rings. The highest BCUT2D eigenvalue weighted by molar-refractivity contribution is 5.50. The summed E-state index contributed by atoms with van der Waals surface area (Å²) in [5.41, 5.74) is 1.87. The van der Waals surface area contributed by atoms with Gasteiger partial charge in [-0.2, -0.15) is 0 Å². The van der Waals surface area contributed by atoms with Crippen molar-refractivity contribution < 1.29 is 4.74 Å². The number of nitrogens with zero attached hydrogens (tertiary/aromatic N) is 1. The third-order valence-corrected chi connectivity index (χ3v) is 4.41. The summed E-state index contributed by atoms with van der Waals surface area (Å²) in [4.78, 5) is 2.56. The van der Waals surface area contributed by atoms with Crippen molar-refractivity contribution in [3.8, 4) is 5.75 Å². The maximum Gasteiger partial charge on any atom is 0.119 e. The first kappa shape index (κ1) is 12.8. The first-order valence-electron chi connectivity index (χ1n) is 7.43. The molecule has 0 radical (unpaired) electrons. The monoisotopic (exact) mass is 260 g/mol. The van der Waals surface area contributed by atoms with E-state index in [1.165, 1.54) is 31.6 Å². The SMILES string of the molecule is CCOc1ccc(N2CC3(CC3)CNCC2C)cc1. The van der Waals surface area contributed by atoms with Crippen LogP contribution < -0.4 is 15.0 Å². The summed E-state index contributed by atoms with van der Waals surface area (Å²) in [6.07, 6.45) is 2.75. The smallest absolute Gasteiger partial charge is 0.119 e. The highest BCUT2D eigenvalue weighted by Gasteiger charge is 2.45. The Morgan fingerprint density at radius 3 is 2.68 bits per heavy atom. The second-order valence-electron chi connectivity index (χ2n) is 6.03. The van der Waals surface area contributed by atoms with Gasteiger partial charge in [-0.1, -0.05) is 0 Å². The third kappa shape index (κ3) is 2.71. The van der Waals surface area contributed by atoms with Crippen LogP contribution in [0.15, 0.2) is 24.3 Å². The Kier molecular flexibility index (Phi) is 3.40. The number of hydrogen-bond acceptors (Lipinski definition) is 3. The largest absolute Gasteiger partial charge is 0.494 e. The number of benzene rings is 1. The zero-order valence-electron chi connectivity index (χ0n) is 12.0. The van der Waals surface area contributed by atoms with E-state index < -0.39 is 0 Å². The van der Waals surface area contributed by atoms with Gasteiger partial charge in [-0.25, -0.2) is 0 Å². The predicted molar refractivity (Wildman–Crippen MR) is 79.0 cm³/mol. The minimum atomic E-state index is 0.545. The molecule has 1 unspecified atom stereocenters. The van der Waals surface area contributed by atoms with Gasteiger partial charge in [0.2, 0.25) is 0 Å². The minimum absolute atomic E-state index is 0.545. The lowest BCUT2D eigenvalue weighted by Crippen LogP contribution is -2.38. The molecule has 2 aliphatic rings. The van der Waals surface area contributed by atoms with Crippen LogP contribution in [-0.4, -0.2) is 32.3 Å². The van der Waals surface area contributed by atoms with E-state index >= 15 is 0 Å². The molecule has 3 nitrogen and oxygen atoms in total. The Balaban J connectivity index is 1.78. The van der Waals surface area contributed by atoms with E-state index in [4.69, 9.17) is 4.74 Å². The normalized spacial score (nSPS) is 25.2. The summed E-state index contributed by atoms with van der Waals surface area (Å²) in [5, 5.41) is 3.61. The molecular weight excluding hydrogens is 236 g/mol. The summed E-state index contributed by atoms with van der Waals surface area (Å²) in [5.74, 6) is 0.966. The second-order valence-corrected chi connectivity index (χ2v) is 6.03. The van der Waals surface area contributed by atoms with Crippen molar-refractivity contribution in [2.45, 2.75) is 32.7 Å². The lowest BCUT2D eigenvalue weighted by atomic mass is 10.1. The molecule has 1 aromatic rings. The molecule has 19 heavy (non-hydrogen) atoms. The topological polar surface area (TPSA) is 24.5 Å². The molecule has 1 aromatic carbocycles. The maximum absolute atomic E-state index is 5.52. The van der Waals surface area contributed by atoms with Gasteiger partial charge in [-0.3, -0.25) is 0 Å². The summed E-state index contributed by atoms with van der Waals surface area (Å²) in [7, 11) is 0. The van der Waals surface area contributed by atoms with Gasteiger partial charge in [0.15, 0.2) is 0 Å². The number of rotatable bonds is 3. The van der Waals surface area contributed by atoms with Crippen molar-refractivity contribution in [1.29, 1.82) is 0 Å². The van der Waals surface area contributed by atoms with Crippen molar-refractivity contribution in [1.82, 2.24) is 5.32 Å². The molecule has 1 aliphatic carbocycles. The Labute approximate surface area is 115 Å². The minimum Gasteiger partial charge on any atom is -0.494 e. The Morgan fingerprint density at radius 2 is 2.05 bits per heavy atom. The molecule has 0 amide bonds. The number of anilines is 1. The molecule has 1 aliphatic heterocycles. The molecule has 1 saturated carbocycles. The van der Waals surface area contributed by atoms with Crippen molar-refractivity contribution in [3.63, 3.8) is 0 Å². The lowest BCUT2D eigenvalue weighted by molar-refractivity contribution is 0.340. The van der Waals surface area contributed by atoms with Gasteiger partial charge in [0.25, 0.3) is 0 Å². The third-order valence-electron chi connectivity index (χ3n) is 4.41. The van der Waals surface area contributed by atoms with Crippen molar-refractivity contribution in [3.05, 3.63) is 24.3 Å². The van der Waals surface area contributed by atoms with Crippen molar-refractivity contribution in [2.24, 2.45) is 5.41 Å². The first-order chi connectivity index (χ1) is 9.22. The van der Waals surface area contributed by atoms with Gasteiger partial charge in [0.1, 0.15) is 5.75 Å². The van der Waals surface area contributed by atoms with Crippen molar-refractivity contribution in [2.75, 3.05) is 31.1 Å². The molecule has 0 aromatic heterocycles. The molecular formula is C16H24N2O. The maximum atomic E-state index is 5.52. The summed E-state index contributed by atoms with van der Waals surface area (Å²) >= 11 is 0. The Hall–Kier alpha value is -1.22. The van der Waals surface area contributed by atoms with Crippen LogP contribution in [0.3, 0.4) is 0 Å². The average Bonchev–Trinajstić information content (AvgIpc) is 3.19. The van der Waals surface area contributed by atoms with Crippen LogP contribution in [0, 0.1) is 5.41 Å². The zero-order chi connectivity index (χ0) is 13.3. The molecule has 3 rings (SSSR count). The van der Waals surface area contributed by atoms with Crippen LogP contribution >= 0.6 is 0 Å². The van der Waals surface area contributed by atoms with Crippen LogP contribution in [0.25, 0.3) is 0 Å². The lowest BCUT2D eigenvalue weighted by Gasteiger charge is -2.31. The Bertz CT molecular complexity index is 425.